The molecule has 0 amide bonds. The Kier molecular flexibility index (Phi) is 4.90. The Labute approximate surface area is 151 Å². The molecule has 1 aliphatic heterocycles. The van der Waals surface area contributed by atoms with Crippen molar-refractivity contribution in [2.24, 2.45) is 0 Å². The Hall–Kier alpha value is -1.46. The highest BCUT2D eigenvalue weighted by Gasteiger charge is 2.52. The molecule has 2 aromatic rings. The monoisotopic (exact) mass is 356 g/mol. The third-order valence-corrected chi connectivity index (χ3v) is 10.0. The number of aliphatic hydroxyl groups is 1. The van der Waals surface area contributed by atoms with Gasteiger partial charge in [-0.2, -0.15) is 0 Å². The SMILES string of the molecule is CC1(O)C[C@H](O[Si](c2ccccc2)(c2ccccc2)C(C)(C)C)CO1. The van der Waals surface area contributed by atoms with Gasteiger partial charge < -0.3 is 14.3 Å². The van der Waals surface area contributed by atoms with E-state index >= 15 is 0 Å². The Bertz CT molecular complexity index is 653. The van der Waals surface area contributed by atoms with Gasteiger partial charge in [0.15, 0.2) is 5.79 Å². The number of rotatable bonds is 4. The van der Waals surface area contributed by atoms with E-state index in [2.05, 4.69) is 69.3 Å². The Morgan fingerprint density at radius 2 is 1.48 bits per heavy atom. The molecule has 0 aliphatic carbocycles. The van der Waals surface area contributed by atoms with Crippen molar-refractivity contribution < 1.29 is 14.3 Å². The van der Waals surface area contributed by atoms with Crippen LogP contribution in [-0.4, -0.2) is 31.9 Å². The number of hydrogen-bond acceptors (Lipinski definition) is 3. The van der Waals surface area contributed by atoms with Crippen molar-refractivity contribution >= 4 is 18.7 Å². The lowest BCUT2D eigenvalue weighted by Crippen LogP contribution is -2.67. The quantitative estimate of drug-likeness (QED) is 0.856. The highest BCUT2D eigenvalue weighted by Crippen LogP contribution is 2.39. The fourth-order valence-electron chi connectivity index (χ4n) is 3.83. The summed E-state index contributed by atoms with van der Waals surface area (Å²) in [7, 11) is -2.57. The molecule has 0 bridgehead atoms. The van der Waals surface area contributed by atoms with Crippen molar-refractivity contribution in [2.45, 2.75) is 51.0 Å². The van der Waals surface area contributed by atoms with Crippen LogP contribution in [0.25, 0.3) is 0 Å². The van der Waals surface area contributed by atoms with Gasteiger partial charge in [0.2, 0.25) is 0 Å². The highest BCUT2D eigenvalue weighted by molar-refractivity contribution is 6.99. The molecule has 2 atom stereocenters. The summed E-state index contributed by atoms with van der Waals surface area (Å²) >= 11 is 0. The van der Waals surface area contributed by atoms with Crippen molar-refractivity contribution in [3.05, 3.63) is 60.7 Å². The number of ether oxygens (including phenoxy) is 1. The molecule has 0 aromatic heterocycles. The standard InChI is InChI=1S/C21H28O3Si/c1-20(2,3)25(18-11-7-5-8-12-18,19-13-9-6-10-14-19)24-17-15-21(4,22)23-16-17/h5-14,17,22H,15-16H2,1-4H3/t17-,21?/m0/s1. The predicted molar refractivity (Wildman–Crippen MR) is 104 cm³/mol. The number of benzene rings is 2. The third-order valence-electron chi connectivity index (χ3n) is 4.95. The highest BCUT2D eigenvalue weighted by atomic mass is 28.4. The fourth-order valence-corrected chi connectivity index (χ4v) is 8.50. The van der Waals surface area contributed by atoms with Crippen LogP contribution in [-0.2, 0) is 9.16 Å². The summed E-state index contributed by atoms with van der Waals surface area (Å²) in [5.41, 5.74) is 0. The molecule has 1 fully saturated rings. The zero-order valence-electron chi connectivity index (χ0n) is 15.5. The van der Waals surface area contributed by atoms with Crippen LogP contribution in [0.1, 0.15) is 34.1 Å². The van der Waals surface area contributed by atoms with Gasteiger partial charge in [0.1, 0.15) is 0 Å². The maximum absolute atomic E-state index is 10.2. The van der Waals surface area contributed by atoms with Gasteiger partial charge in [-0.05, 0) is 22.3 Å². The van der Waals surface area contributed by atoms with E-state index in [4.69, 9.17) is 9.16 Å². The minimum absolute atomic E-state index is 0.0653. The Morgan fingerprint density at radius 3 is 1.84 bits per heavy atom. The summed E-state index contributed by atoms with van der Waals surface area (Å²) in [4.78, 5) is 0. The molecule has 1 N–H and O–H groups in total. The van der Waals surface area contributed by atoms with Gasteiger partial charge in [-0.1, -0.05) is 81.4 Å². The summed E-state index contributed by atoms with van der Waals surface area (Å²) in [6.45, 7) is 8.91. The molecule has 134 valence electrons. The van der Waals surface area contributed by atoms with Crippen LogP contribution in [0.15, 0.2) is 60.7 Å². The van der Waals surface area contributed by atoms with Gasteiger partial charge in [0, 0.05) is 6.42 Å². The molecule has 2 aromatic carbocycles. The lowest BCUT2D eigenvalue weighted by Gasteiger charge is -2.44. The summed E-state index contributed by atoms with van der Waals surface area (Å²) < 4.78 is 12.5. The Morgan fingerprint density at radius 1 is 1.00 bits per heavy atom. The van der Waals surface area contributed by atoms with E-state index in [0.29, 0.717) is 13.0 Å². The van der Waals surface area contributed by atoms with Crippen LogP contribution in [0.2, 0.25) is 5.04 Å². The first kappa shape index (κ1) is 18.3. The second-order valence-electron chi connectivity index (χ2n) is 8.09. The maximum atomic E-state index is 10.2. The van der Waals surface area contributed by atoms with Crippen molar-refractivity contribution in [3.8, 4) is 0 Å². The zero-order valence-corrected chi connectivity index (χ0v) is 16.5. The van der Waals surface area contributed by atoms with Gasteiger partial charge in [0.05, 0.1) is 12.7 Å². The summed E-state index contributed by atoms with van der Waals surface area (Å²) in [6, 6.07) is 21.1. The van der Waals surface area contributed by atoms with Crippen LogP contribution in [0.5, 0.6) is 0 Å². The van der Waals surface area contributed by atoms with Crippen LogP contribution in [0.4, 0.5) is 0 Å². The average molecular weight is 357 g/mol. The average Bonchev–Trinajstić information content (AvgIpc) is 2.92. The molecule has 1 aliphatic rings. The van der Waals surface area contributed by atoms with E-state index in [1.165, 1.54) is 10.4 Å². The van der Waals surface area contributed by atoms with Crippen LogP contribution in [0, 0.1) is 0 Å². The van der Waals surface area contributed by atoms with Gasteiger partial charge in [-0.15, -0.1) is 0 Å². The van der Waals surface area contributed by atoms with E-state index < -0.39 is 14.1 Å². The van der Waals surface area contributed by atoms with Crippen molar-refractivity contribution in [3.63, 3.8) is 0 Å². The van der Waals surface area contributed by atoms with Crippen molar-refractivity contribution in [1.29, 1.82) is 0 Å². The van der Waals surface area contributed by atoms with Crippen molar-refractivity contribution in [1.82, 2.24) is 0 Å². The van der Waals surface area contributed by atoms with E-state index in [0.717, 1.165) is 0 Å². The Balaban J connectivity index is 2.13. The second-order valence-corrected chi connectivity index (χ2v) is 12.3. The molecular weight excluding hydrogens is 328 g/mol. The normalized spacial score (nSPS) is 24.4. The molecule has 0 spiro atoms. The lowest BCUT2D eigenvalue weighted by atomic mass is 10.2. The molecule has 3 rings (SSSR count). The van der Waals surface area contributed by atoms with Gasteiger partial charge >= 0.3 is 0 Å². The molecule has 1 heterocycles. The molecule has 25 heavy (non-hydrogen) atoms. The lowest BCUT2D eigenvalue weighted by molar-refractivity contribution is -0.155. The minimum atomic E-state index is -2.57. The third kappa shape index (κ3) is 3.58. The van der Waals surface area contributed by atoms with Crippen molar-refractivity contribution in [2.75, 3.05) is 6.61 Å². The minimum Gasteiger partial charge on any atom is -0.402 e. The predicted octanol–water partition coefficient (Wildman–Crippen LogP) is 3.06. The smallest absolute Gasteiger partial charge is 0.261 e. The number of hydrogen-bond donors (Lipinski definition) is 1. The molecular formula is C21H28O3Si. The van der Waals surface area contributed by atoms with Crippen LogP contribution in [0.3, 0.4) is 0 Å². The second kappa shape index (κ2) is 6.69. The first-order valence-corrected chi connectivity index (χ1v) is 10.8. The molecule has 0 saturated carbocycles. The zero-order chi connectivity index (χ0) is 18.1. The van der Waals surface area contributed by atoms with E-state index in [9.17, 15) is 5.11 Å². The first-order valence-electron chi connectivity index (χ1n) is 8.90. The van der Waals surface area contributed by atoms with Gasteiger partial charge in [-0.25, -0.2) is 0 Å². The summed E-state index contributed by atoms with van der Waals surface area (Å²) in [6.07, 6.45) is 0.388. The maximum Gasteiger partial charge on any atom is 0.261 e. The fraction of sp³-hybridized carbons (Fsp3) is 0.429. The van der Waals surface area contributed by atoms with E-state index in [1.54, 1.807) is 6.92 Å². The van der Waals surface area contributed by atoms with E-state index in [-0.39, 0.29) is 11.1 Å². The summed E-state index contributed by atoms with van der Waals surface area (Å²) in [5, 5.41) is 12.7. The largest absolute Gasteiger partial charge is 0.402 e. The van der Waals surface area contributed by atoms with Crippen LogP contribution >= 0.6 is 0 Å². The molecule has 1 saturated heterocycles. The van der Waals surface area contributed by atoms with Crippen LogP contribution < -0.4 is 10.4 Å². The topological polar surface area (TPSA) is 38.7 Å². The molecule has 0 radical (unpaired) electrons. The van der Waals surface area contributed by atoms with Gasteiger partial charge in [0.25, 0.3) is 8.32 Å². The summed E-state index contributed by atoms with van der Waals surface area (Å²) in [5.74, 6) is -1.10. The molecule has 3 nitrogen and oxygen atoms in total. The van der Waals surface area contributed by atoms with E-state index in [1.807, 2.05) is 12.1 Å². The molecule has 4 heteroatoms. The molecule has 1 unspecified atom stereocenters. The van der Waals surface area contributed by atoms with Gasteiger partial charge in [-0.3, -0.25) is 0 Å². The first-order chi connectivity index (χ1) is 11.7.